The molecule has 280 valence electrons. The Morgan fingerprint density at radius 3 is 1.36 bits per heavy atom. The summed E-state index contributed by atoms with van der Waals surface area (Å²) in [7, 11) is 1.33. The highest BCUT2D eigenvalue weighted by molar-refractivity contribution is 5.73. The maximum atomic E-state index is 13.2. The molecule has 1 saturated heterocycles. The van der Waals surface area contributed by atoms with Crippen LogP contribution in [0.4, 0.5) is 0 Å². The van der Waals surface area contributed by atoms with Gasteiger partial charge in [-0.2, -0.15) is 0 Å². The van der Waals surface area contributed by atoms with Crippen LogP contribution in [0.5, 0.6) is 0 Å². The fraction of sp³-hybridized carbons (Fsp3) is 0.974. The Hall–Kier alpha value is -0.770. The van der Waals surface area contributed by atoms with Crippen LogP contribution < -0.4 is 0 Å². The molecule has 1 fully saturated rings. The minimum atomic E-state index is -1.48. The third-order valence-electron chi connectivity index (χ3n) is 10.0. The summed E-state index contributed by atoms with van der Waals surface area (Å²) in [5.74, 6) is -1.13. The average Bonchev–Trinajstić information content (AvgIpc) is 3.07. The Morgan fingerprint density at radius 1 is 0.574 bits per heavy atom. The van der Waals surface area contributed by atoms with E-state index in [0.717, 1.165) is 38.5 Å². The molecule has 8 nitrogen and oxygen atoms in total. The number of esters is 1. The van der Waals surface area contributed by atoms with Crippen molar-refractivity contribution in [3.8, 4) is 0 Å². The van der Waals surface area contributed by atoms with Crippen molar-refractivity contribution in [2.75, 3.05) is 13.7 Å². The zero-order valence-corrected chi connectivity index (χ0v) is 30.8. The Morgan fingerprint density at radius 2 is 0.957 bits per heavy atom. The summed E-state index contributed by atoms with van der Waals surface area (Å²) in [6.07, 6.45) is 25.0. The van der Waals surface area contributed by atoms with Gasteiger partial charge in [-0.05, 0) is 12.8 Å². The summed E-state index contributed by atoms with van der Waals surface area (Å²) in [5.41, 5.74) is 0. The van der Waals surface area contributed by atoms with Crippen LogP contribution in [0.25, 0.3) is 0 Å². The molecule has 7 atom stereocenters. The fourth-order valence-corrected chi connectivity index (χ4v) is 6.77. The Labute approximate surface area is 288 Å². The van der Waals surface area contributed by atoms with E-state index in [4.69, 9.17) is 14.2 Å². The summed E-state index contributed by atoms with van der Waals surface area (Å²) >= 11 is 0. The second kappa shape index (κ2) is 30.1. The number of aliphatic hydroxyl groups is 4. The number of rotatable bonds is 32. The van der Waals surface area contributed by atoms with Gasteiger partial charge in [0.1, 0.15) is 31.0 Å². The van der Waals surface area contributed by atoms with E-state index >= 15 is 0 Å². The number of aliphatic hydroxyl groups excluding tert-OH is 4. The normalized spacial score (nSPS) is 22.7. The van der Waals surface area contributed by atoms with Crippen LogP contribution in [0.2, 0.25) is 0 Å². The van der Waals surface area contributed by atoms with E-state index < -0.39 is 48.7 Å². The summed E-state index contributed by atoms with van der Waals surface area (Å²) in [6, 6.07) is 0. The van der Waals surface area contributed by atoms with Gasteiger partial charge in [-0.25, -0.2) is 0 Å². The first kappa shape index (κ1) is 44.3. The molecule has 0 radical (unpaired) electrons. The van der Waals surface area contributed by atoms with Gasteiger partial charge in [0.05, 0.1) is 12.0 Å². The van der Waals surface area contributed by atoms with Gasteiger partial charge < -0.3 is 34.6 Å². The molecule has 0 amide bonds. The number of unbranched alkanes of at least 4 members (excludes halogenated alkanes) is 23. The Bertz CT molecular complexity index is 704. The number of methoxy groups -OCH3 is 1. The molecule has 0 unspecified atom stereocenters. The maximum Gasteiger partial charge on any atom is 0.311 e. The number of hydrogen-bond acceptors (Lipinski definition) is 8. The lowest BCUT2D eigenvalue weighted by atomic mass is 9.91. The van der Waals surface area contributed by atoms with Gasteiger partial charge in [-0.1, -0.05) is 174 Å². The lowest BCUT2D eigenvalue weighted by molar-refractivity contribution is -0.295. The van der Waals surface area contributed by atoms with E-state index in [-0.39, 0.29) is 6.61 Å². The van der Waals surface area contributed by atoms with E-state index in [9.17, 15) is 25.2 Å². The van der Waals surface area contributed by atoms with Crippen molar-refractivity contribution in [1.82, 2.24) is 0 Å². The molecule has 4 N–H and O–H groups in total. The molecule has 0 aromatic heterocycles. The van der Waals surface area contributed by atoms with E-state index in [0.29, 0.717) is 12.8 Å². The molecule has 0 bridgehead atoms. The number of carbonyl (C=O) groups excluding carboxylic acids is 1. The van der Waals surface area contributed by atoms with Crippen molar-refractivity contribution in [2.24, 2.45) is 5.92 Å². The Kier molecular flexibility index (Phi) is 28.3. The van der Waals surface area contributed by atoms with Gasteiger partial charge in [0.15, 0.2) is 6.29 Å². The summed E-state index contributed by atoms with van der Waals surface area (Å²) in [5, 5.41) is 41.7. The second-order valence-electron chi connectivity index (χ2n) is 14.3. The van der Waals surface area contributed by atoms with E-state index in [1.807, 2.05) is 0 Å². The highest BCUT2D eigenvalue weighted by atomic mass is 16.7. The van der Waals surface area contributed by atoms with Crippen molar-refractivity contribution in [3.05, 3.63) is 0 Å². The van der Waals surface area contributed by atoms with Crippen LogP contribution in [0.1, 0.15) is 187 Å². The smallest absolute Gasteiger partial charge is 0.311 e. The van der Waals surface area contributed by atoms with Gasteiger partial charge in [0.2, 0.25) is 0 Å². The molecule has 0 aromatic carbocycles. The average molecular weight is 673 g/mol. The summed E-state index contributed by atoms with van der Waals surface area (Å²) in [4.78, 5) is 13.2. The van der Waals surface area contributed by atoms with Crippen LogP contribution in [0.3, 0.4) is 0 Å². The predicted octanol–water partition coefficient (Wildman–Crippen LogP) is 8.53. The Balaban J connectivity index is 2.41. The largest absolute Gasteiger partial charge is 0.463 e. The predicted molar refractivity (Wildman–Crippen MR) is 190 cm³/mol. The van der Waals surface area contributed by atoms with Gasteiger partial charge in [0.25, 0.3) is 0 Å². The maximum absolute atomic E-state index is 13.2. The molecule has 8 heteroatoms. The van der Waals surface area contributed by atoms with Crippen LogP contribution in [-0.2, 0) is 19.0 Å². The molecule has 0 saturated carbocycles. The molecular weight excluding hydrogens is 596 g/mol. The molecule has 1 rings (SSSR count). The van der Waals surface area contributed by atoms with Crippen LogP contribution in [0.15, 0.2) is 0 Å². The zero-order valence-electron chi connectivity index (χ0n) is 30.8. The molecule has 1 aliphatic heterocycles. The molecule has 1 aliphatic rings. The second-order valence-corrected chi connectivity index (χ2v) is 14.3. The van der Waals surface area contributed by atoms with Crippen LogP contribution in [-0.4, -0.2) is 76.9 Å². The highest BCUT2D eigenvalue weighted by Crippen LogP contribution is 2.25. The molecule has 1 heterocycles. The lowest BCUT2D eigenvalue weighted by Gasteiger charge is -2.39. The van der Waals surface area contributed by atoms with Crippen molar-refractivity contribution in [2.45, 2.75) is 224 Å². The highest BCUT2D eigenvalue weighted by Gasteiger charge is 2.44. The summed E-state index contributed by atoms with van der Waals surface area (Å²) < 4.78 is 16.1. The molecule has 47 heavy (non-hydrogen) atoms. The molecule has 0 aliphatic carbocycles. The first-order valence-electron chi connectivity index (χ1n) is 19.9. The van der Waals surface area contributed by atoms with Crippen LogP contribution in [0, 0.1) is 5.92 Å². The van der Waals surface area contributed by atoms with Crippen molar-refractivity contribution in [3.63, 3.8) is 0 Å². The first-order valence-corrected chi connectivity index (χ1v) is 19.9. The van der Waals surface area contributed by atoms with E-state index in [1.54, 1.807) is 0 Å². The SMILES string of the molecule is CCCCCCCCCCCCCCC[C@@H](O)[C@H](CCCCCCCCCCCCCC)C(=O)OC[C@H]1O[C@H](OC)[C@H](O)[C@@H](O)[C@@H]1O. The first-order chi connectivity index (χ1) is 22.9. The number of ether oxygens (including phenoxy) is 3. The van der Waals surface area contributed by atoms with Crippen molar-refractivity contribution < 1.29 is 39.4 Å². The molecule has 0 aromatic rings. The van der Waals surface area contributed by atoms with E-state index in [1.165, 1.54) is 129 Å². The minimum Gasteiger partial charge on any atom is -0.463 e. The van der Waals surface area contributed by atoms with E-state index in [2.05, 4.69) is 13.8 Å². The fourth-order valence-electron chi connectivity index (χ4n) is 6.77. The van der Waals surface area contributed by atoms with Gasteiger partial charge >= 0.3 is 5.97 Å². The lowest BCUT2D eigenvalue weighted by Crippen LogP contribution is -2.59. The zero-order chi connectivity index (χ0) is 34.5. The number of hydrogen-bond donors (Lipinski definition) is 4. The van der Waals surface area contributed by atoms with Crippen molar-refractivity contribution >= 4 is 5.97 Å². The topological polar surface area (TPSA) is 126 Å². The minimum absolute atomic E-state index is 0.288. The monoisotopic (exact) mass is 673 g/mol. The van der Waals surface area contributed by atoms with Crippen molar-refractivity contribution in [1.29, 1.82) is 0 Å². The molecular formula is C39H76O8. The quantitative estimate of drug-likeness (QED) is 0.0414. The third-order valence-corrected chi connectivity index (χ3v) is 10.0. The van der Waals surface area contributed by atoms with Gasteiger partial charge in [0, 0.05) is 7.11 Å². The summed E-state index contributed by atoms with van der Waals surface area (Å²) in [6.45, 7) is 4.22. The van der Waals surface area contributed by atoms with Crippen LogP contribution >= 0.6 is 0 Å². The van der Waals surface area contributed by atoms with Gasteiger partial charge in [-0.15, -0.1) is 0 Å². The third kappa shape index (κ3) is 21.1. The number of carbonyl (C=O) groups is 1. The molecule has 0 spiro atoms. The standard InChI is InChI=1S/C39H76O8/c1-4-6-8-10-12-14-16-18-20-22-24-26-28-30-33(40)32(29-27-25-23-21-19-17-15-13-11-9-7-5-2)38(44)46-31-34-35(41)36(42)37(43)39(45-3)47-34/h32-37,39-43H,4-31H2,1-3H3/t32-,33+,34+,35+,36-,37+,39-/m0/s1. The van der Waals surface area contributed by atoms with Gasteiger partial charge in [-0.3, -0.25) is 4.79 Å².